The van der Waals surface area contributed by atoms with E-state index in [1.807, 2.05) is 60.0 Å². The average molecular weight is 438 g/mol. The lowest BCUT2D eigenvalue weighted by Gasteiger charge is -2.34. The summed E-state index contributed by atoms with van der Waals surface area (Å²) in [4.78, 5) is 27.8. The van der Waals surface area contributed by atoms with E-state index >= 15 is 0 Å². The van der Waals surface area contributed by atoms with Crippen LogP contribution >= 0.6 is 11.3 Å². The van der Waals surface area contributed by atoms with Gasteiger partial charge in [0.15, 0.2) is 0 Å². The Morgan fingerprint density at radius 1 is 1.03 bits per heavy atom. The van der Waals surface area contributed by atoms with Crippen LogP contribution < -0.4 is 9.47 Å². The van der Waals surface area contributed by atoms with Gasteiger partial charge in [0.25, 0.3) is 5.91 Å². The predicted octanol–water partition coefficient (Wildman–Crippen LogP) is 4.08. The van der Waals surface area contributed by atoms with Crippen LogP contribution in [0.3, 0.4) is 0 Å². The van der Waals surface area contributed by atoms with Crippen LogP contribution in [0.2, 0.25) is 0 Å². The van der Waals surface area contributed by atoms with Crippen LogP contribution in [0.4, 0.5) is 0 Å². The Labute approximate surface area is 185 Å². The second-order valence-corrected chi connectivity index (χ2v) is 8.14. The first kappa shape index (κ1) is 20.9. The van der Waals surface area contributed by atoms with Crippen LogP contribution in [0.5, 0.6) is 11.5 Å². The highest BCUT2D eigenvalue weighted by molar-refractivity contribution is 7.12. The van der Waals surface area contributed by atoms with E-state index in [0.717, 1.165) is 28.2 Å². The summed E-state index contributed by atoms with van der Waals surface area (Å²) in [5.74, 6) is 0.908. The largest absolute Gasteiger partial charge is 0.497 e. The fourth-order valence-electron chi connectivity index (χ4n) is 3.63. The molecule has 1 aliphatic heterocycles. The van der Waals surface area contributed by atoms with Gasteiger partial charge in [0.1, 0.15) is 24.1 Å². The number of benzene rings is 2. The van der Waals surface area contributed by atoms with E-state index in [-0.39, 0.29) is 5.91 Å². The number of thiophene rings is 1. The molecule has 0 N–H and O–H groups in total. The molecule has 6 nitrogen and oxygen atoms in total. The van der Waals surface area contributed by atoms with Gasteiger partial charge in [-0.25, -0.2) is 4.79 Å². The van der Waals surface area contributed by atoms with Crippen molar-refractivity contribution >= 4 is 23.2 Å². The zero-order valence-electron chi connectivity index (χ0n) is 17.4. The fraction of sp³-hybridized carbons (Fsp3) is 0.250. The molecule has 31 heavy (non-hydrogen) atoms. The van der Waals surface area contributed by atoms with Crippen LogP contribution in [0, 0.1) is 0 Å². The second kappa shape index (κ2) is 9.22. The Hall–Kier alpha value is -3.32. The molecular weight excluding hydrogens is 414 g/mol. The number of carbonyl (C=O) groups is 2. The lowest BCUT2D eigenvalue weighted by molar-refractivity contribution is -0.146. The third-order valence-corrected chi connectivity index (χ3v) is 6.28. The van der Waals surface area contributed by atoms with Crippen molar-refractivity contribution in [2.75, 3.05) is 14.2 Å². The maximum Gasteiger partial charge on any atom is 0.328 e. The summed E-state index contributed by atoms with van der Waals surface area (Å²) in [6.45, 7) is 0.726. The Kier molecular flexibility index (Phi) is 6.23. The standard InChI is InChI=1S/C24H23NO5S/c1-28-19-7-9-20(10-8-19)30-14-16-11-22(31-15-16)23(26)25-13-18-6-4-3-5-17(18)12-21(25)24(27)29-2/h3-11,15,21H,12-14H2,1-2H3. The van der Waals surface area contributed by atoms with Gasteiger partial charge in [-0.2, -0.15) is 0 Å². The summed E-state index contributed by atoms with van der Waals surface area (Å²) < 4.78 is 15.9. The molecule has 1 amide bonds. The van der Waals surface area contributed by atoms with Gasteiger partial charge in [-0.1, -0.05) is 24.3 Å². The average Bonchev–Trinajstić information content (AvgIpc) is 3.30. The number of hydrogen-bond donors (Lipinski definition) is 0. The lowest BCUT2D eigenvalue weighted by atomic mass is 9.93. The van der Waals surface area contributed by atoms with Crippen LogP contribution in [-0.2, 0) is 29.1 Å². The van der Waals surface area contributed by atoms with Crippen LogP contribution in [0.1, 0.15) is 26.4 Å². The van der Waals surface area contributed by atoms with E-state index < -0.39 is 12.0 Å². The van der Waals surface area contributed by atoms with Crippen LogP contribution in [0.25, 0.3) is 0 Å². The molecule has 0 fully saturated rings. The van der Waals surface area contributed by atoms with Gasteiger partial charge >= 0.3 is 5.97 Å². The zero-order chi connectivity index (χ0) is 21.8. The number of rotatable bonds is 6. The molecule has 3 aromatic rings. The van der Waals surface area contributed by atoms with E-state index in [4.69, 9.17) is 14.2 Å². The van der Waals surface area contributed by atoms with Crippen molar-refractivity contribution in [2.24, 2.45) is 0 Å². The van der Waals surface area contributed by atoms with Gasteiger partial charge in [0.05, 0.1) is 19.1 Å². The molecule has 0 radical (unpaired) electrons. The minimum atomic E-state index is -0.631. The van der Waals surface area contributed by atoms with Gasteiger partial charge in [-0.3, -0.25) is 4.79 Å². The highest BCUT2D eigenvalue weighted by Gasteiger charge is 2.36. The zero-order valence-corrected chi connectivity index (χ0v) is 18.2. The summed E-state index contributed by atoms with van der Waals surface area (Å²) in [5, 5.41) is 1.90. The molecule has 2 heterocycles. The van der Waals surface area contributed by atoms with Crippen molar-refractivity contribution in [3.05, 3.63) is 81.5 Å². The molecule has 160 valence electrons. The maximum absolute atomic E-state index is 13.3. The highest BCUT2D eigenvalue weighted by atomic mass is 32.1. The number of hydrogen-bond acceptors (Lipinski definition) is 6. The van der Waals surface area contributed by atoms with Gasteiger partial charge in [-0.15, -0.1) is 11.3 Å². The monoisotopic (exact) mass is 437 g/mol. The molecule has 0 spiro atoms. The number of fused-ring (bicyclic) bond motifs is 1. The molecular formula is C24H23NO5S. The molecule has 0 saturated heterocycles. The summed E-state index contributed by atoms with van der Waals surface area (Å²) in [6, 6.07) is 16.4. The molecule has 1 atom stereocenters. The van der Waals surface area contributed by atoms with E-state index in [1.54, 1.807) is 12.0 Å². The van der Waals surface area contributed by atoms with Crippen molar-refractivity contribution in [3.8, 4) is 11.5 Å². The molecule has 2 aromatic carbocycles. The quantitative estimate of drug-likeness (QED) is 0.544. The molecule has 1 aliphatic rings. The lowest BCUT2D eigenvalue weighted by Crippen LogP contribution is -2.49. The number of nitrogens with zero attached hydrogens (tertiary/aromatic N) is 1. The van der Waals surface area contributed by atoms with Crippen LogP contribution in [-0.4, -0.2) is 37.0 Å². The number of amides is 1. The summed E-state index contributed by atoms with van der Waals surface area (Å²) >= 11 is 1.35. The van der Waals surface area contributed by atoms with Crippen LogP contribution in [0.15, 0.2) is 60.0 Å². The predicted molar refractivity (Wildman–Crippen MR) is 117 cm³/mol. The molecule has 1 aromatic heterocycles. The van der Waals surface area contributed by atoms with Crippen molar-refractivity contribution < 1.29 is 23.8 Å². The normalized spacial score (nSPS) is 15.2. The highest BCUT2D eigenvalue weighted by Crippen LogP contribution is 2.28. The smallest absolute Gasteiger partial charge is 0.328 e. The molecule has 1 unspecified atom stereocenters. The number of ether oxygens (including phenoxy) is 3. The number of carbonyl (C=O) groups excluding carboxylic acids is 2. The van der Waals surface area contributed by atoms with Crippen molar-refractivity contribution in [1.29, 1.82) is 0 Å². The second-order valence-electron chi connectivity index (χ2n) is 7.23. The Balaban J connectivity index is 1.48. The Morgan fingerprint density at radius 3 is 2.45 bits per heavy atom. The first-order valence-electron chi connectivity index (χ1n) is 9.89. The minimum Gasteiger partial charge on any atom is -0.497 e. The number of esters is 1. The third-order valence-electron chi connectivity index (χ3n) is 5.31. The van der Waals surface area contributed by atoms with Gasteiger partial charge in [-0.05, 0) is 46.8 Å². The first-order valence-corrected chi connectivity index (χ1v) is 10.8. The Morgan fingerprint density at radius 2 is 1.74 bits per heavy atom. The SMILES string of the molecule is COC(=O)C1Cc2ccccc2CN1C(=O)c1cc(COc2ccc(OC)cc2)cs1. The van der Waals surface area contributed by atoms with Gasteiger partial charge in [0.2, 0.25) is 0 Å². The van der Waals surface area contributed by atoms with Gasteiger partial charge < -0.3 is 19.1 Å². The van der Waals surface area contributed by atoms with Gasteiger partial charge in [0, 0.05) is 18.5 Å². The molecule has 4 rings (SSSR count). The molecule has 7 heteroatoms. The topological polar surface area (TPSA) is 65.1 Å². The fourth-order valence-corrected chi connectivity index (χ4v) is 4.48. The molecule has 0 aliphatic carbocycles. The maximum atomic E-state index is 13.3. The van der Waals surface area contributed by atoms with Crippen molar-refractivity contribution in [1.82, 2.24) is 4.90 Å². The van der Waals surface area contributed by atoms with E-state index in [2.05, 4.69) is 0 Å². The van der Waals surface area contributed by atoms with E-state index in [0.29, 0.717) is 24.4 Å². The van der Waals surface area contributed by atoms with E-state index in [9.17, 15) is 9.59 Å². The summed E-state index contributed by atoms with van der Waals surface area (Å²) in [7, 11) is 2.97. The minimum absolute atomic E-state index is 0.175. The third kappa shape index (κ3) is 4.56. The molecule has 0 saturated carbocycles. The summed E-state index contributed by atoms with van der Waals surface area (Å²) in [6.07, 6.45) is 0.452. The van der Waals surface area contributed by atoms with Crippen molar-refractivity contribution in [2.45, 2.75) is 25.6 Å². The molecule has 0 bridgehead atoms. The summed E-state index contributed by atoms with van der Waals surface area (Å²) in [5.41, 5.74) is 3.02. The number of methoxy groups -OCH3 is 2. The van der Waals surface area contributed by atoms with E-state index in [1.165, 1.54) is 18.4 Å². The van der Waals surface area contributed by atoms with Crippen molar-refractivity contribution in [3.63, 3.8) is 0 Å². The Bertz CT molecular complexity index is 1080. The first-order chi connectivity index (χ1) is 15.1.